The molecule has 2 aromatic heterocycles. The second kappa shape index (κ2) is 8.24. The van der Waals surface area contributed by atoms with Crippen molar-refractivity contribution in [2.45, 2.75) is 26.8 Å². The van der Waals surface area contributed by atoms with Gasteiger partial charge in [0.15, 0.2) is 0 Å². The van der Waals surface area contributed by atoms with Crippen molar-refractivity contribution in [3.8, 4) is 10.8 Å². The zero-order chi connectivity index (χ0) is 19.5. The summed E-state index contributed by atoms with van der Waals surface area (Å²) in [5.74, 6) is 1.32. The SMILES string of the molecule is CCc1sc(-c2nnc(CN3CCN(C(=O)c4ccccc4)CC3)o2)cc1C. The average molecular weight is 397 g/mol. The van der Waals surface area contributed by atoms with Gasteiger partial charge in [-0.2, -0.15) is 0 Å². The highest BCUT2D eigenvalue weighted by Crippen LogP contribution is 2.30. The van der Waals surface area contributed by atoms with Crippen molar-refractivity contribution in [1.82, 2.24) is 20.0 Å². The number of hydrogen-bond donors (Lipinski definition) is 0. The molecule has 1 fully saturated rings. The topological polar surface area (TPSA) is 62.5 Å². The summed E-state index contributed by atoms with van der Waals surface area (Å²) < 4.78 is 5.89. The second-order valence-corrected chi connectivity index (χ2v) is 8.14. The molecule has 1 amide bonds. The Morgan fingerprint density at radius 1 is 1.14 bits per heavy atom. The van der Waals surface area contributed by atoms with E-state index in [0.717, 1.165) is 30.0 Å². The summed E-state index contributed by atoms with van der Waals surface area (Å²) >= 11 is 1.72. The van der Waals surface area contributed by atoms with Gasteiger partial charge in [-0.1, -0.05) is 25.1 Å². The number of amides is 1. The molecule has 28 heavy (non-hydrogen) atoms. The third kappa shape index (κ3) is 4.00. The van der Waals surface area contributed by atoms with Crippen molar-refractivity contribution in [1.29, 1.82) is 0 Å². The fourth-order valence-corrected chi connectivity index (χ4v) is 4.49. The van der Waals surface area contributed by atoms with Crippen molar-refractivity contribution < 1.29 is 9.21 Å². The molecule has 3 heterocycles. The number of nitrogens with zero attached hydrogens (tertiary/aromatic N) is 4. The Morgan fingerprint density at radius 2 is 1.89 bits per heavy atom. The third-order valence-corrected chi connectivity index (χ3v) is 6.43. The molecule has 146 valence electrons. The third-order valence-electron chi connectivity index (χ3n) is 5.06. The molecule has 0 aliphatic carbocycles. The molecule has 0 atom stereocenters. The van der Waals surface area contributed by atoms with E-state index in [1.807, 2.05) is 35.2 Å². The van der Waals surface area contributed by atoms with E-state index in [1.54, 1.807) is 11.3 Å². The normalized spacial score (nSPS) is 15.1. The minimum absolute atomic E-state index is 0.0973. The van der Waals surface area contributed by atoms with Gasteiger partial charge in [0.05, 0.1) is 11.4 Å². The molecule has 0 unspecified atom stereocenters. The molecule has 0 N–H and O–H groups in total. The highest BCUT2D eigenvalue weighted by Gasteiger charge is 2.23. The molecule has 1 aromatic carbocycles. The first-order valence-electron chi connectivity index (χ1n) is 9.62. The van der Waals surface area contributed by atoms with Crippen molar-refractivity contribution in [3.63, 3.8) is 0 Å². The van der Waals surface area contributed by atoms with Crippen LogP contribution in [0.25, 0.3) is 10.8 Å². The second-order valence-electron chi connectivity index (χ2n) is 7.01. The summed E-state index contributed by atoms with van der Waals surface area (Å²) in [6.45, 7) is 7.90. The fourth-order valence-electron chi connectivity index (χ4n) is 3.46. The maximum Gasteiger partial charge on any atom is 0.257 e. The molecular formula is C21H24N4O2S. The smallest absolute Gasteiger partial charge is 0.257 e. The van der Waals surface area contributed by atoms with Gasteiger partial charge in [0, 0.05) is 36.6 Å². The molecule has 3 aromatic rings. The van der Waals surface area contributed by atoms with Gasteiger partial charge in [0.1, 0.15) is 0 Å². The van der Waals surface area contributed by atoms with Crippen molar-refractivity contribution in [2.75, 3.05) is 26.2 Å². The predicted octanol–water partition coefficient (Wildman–Crippen LogP) is 3.63. The van der Waals surface area contributed by atoms with Gasteiger partial charge in [0.2, 0.25) is 5.89 Å². The molecular weight excluding hydrogens is 372 g/mol. The van der Waals surface area contributed by atoms with Crippen LogP contribution in [-0.4, -0.2) is 52.1 Å². The van der Waals surface area contributed by atoms with Gasteiger partial charge in [-0.15, -0.1) is 21.5 Å². The molecule has 1 aliphatic heterocycles. The van der Waals surface area contributed by atoms with Gasteiger partial charge in [-0.25, -0.2) is 0 Å². The molecule has 0 saturated carbocycles. The number of benzene rings is 1. The van der Waals surface area contributed by atoms with Crippen LogP contribution in [-0.2, 0) is 13.0 Å². The first-order chi connectivity index (χ1) is 13.6. The van der Waals surface area contributed by atoms with Crippen molar-refractivity contribution >= 4 is 17.2 Å². The summed E-state index contributed by atoms with van der Waals surface area (Å²) in [5.41, 5.74) is 2.02. The Hall–Kier alpha value is -2.51. The zero-order valence-electron chi connectivity index (χ0n) is 16.2. The number of piperazine rings is 1. The van der Waals surface area contributed by atoms with E-state index >= 15 is 0 Å². The van der Waals surface area contributed by atoms with Gasteiger partial charge in [-0.05, 0) is 37.1 Å². The lowest BCUT2D eigenvalue weighted by atomic mass is 10.2. The van der Waals surface area contributed by atoms with Crippen LogP contribution >= 0.6 is 11.3 Å². The van der Waals surface area contributed by atoms with Crippen LogP contribution in [0, 0.1) is 6.92 Å². The minimum atomic E-state index is 0.0973. The van der Waals surface area contributed by atoms with E-state index in [2.05, 4.69) is 35.0 Å². The lowest BCUT2D eigenvalue weighted by molar-refractivity contribution is 0.0618. The van der Waals surface area contributed by atoms with Crippen LogP contribution in [0.4, 0.5) is 0 Å². The van der Waals surface area contributed by atoms with E-state index < -0.39 is 0 Å². The Morgan fingerprint density at radius 3 is 2.57 bits per heavy atom. The zero-order valence-corrected chi connectivity index (χ0v) is 17.0. The summed E-state index contributed by atoms with van der Waals surface area (Å²) in [6.07, 6.45) is 1.02. The van der Waals surface area contributed by atoms with E-state index in [1.165, 1.54) is 10.4 Å². The van der Waals surface area contributed by atoms with E-state index in [9.17, 15) is 4.79 Å². The van der Waals surface area contributed by atoms with Crippen molar-refractivity contribution in [3.05, 3.63) is 58.3 Å². The summed E-state index contributed by atoms with van der Waals surface area (Å²) in [7, 11) is 0. The average Bonchev–Trinajstić information content (AvgIpc) is 3.35. The van der Waals surface area contributed by atoms with Crippen LogP contribution in [0.15, 0.2) is 40.8 Å². The summed E-state index contributed by atoms with van der Waals surface area (Å²) in [5, 5.41) is 8.45. The summed E-state index contributed by atoms with van der Waals surface area (Å²) in [6, 6.07) is 11.6. The Bertz CT molecular complexity index is 942. The summed E-state index contributed by atoms with van der Waals surface area (Å²) in [4.78, 5) is 19.1. The molecule has 1 aliphatic rings. The number of aryl methyl sites for hydroxylation is 2. The first-order valence-corrected chi connectivity index (χ1v) is 10.4. The lowest BCUT2D eigenvalue weighted by Gasteiger charge is -2.34. The number of aromatic nitrogens is 2. The number of rotatable bonds is 5. The Labute approximate surface area is 168 Å². The molecule has 6 nitrogen and oxygen atoms in total. The van der Waals surface area contributed by atoms with E-state index in [0.29, 0.717) is 31.4 Å². The predicted molar refractivity (Wildman–Crippen MR) is 109 cm³/mol. The Balaban J connectivity index is 1.34. The first kappa shape index (κ1) is 18.8. The number of hydrogen-bond acceptors (Lipinski definition) is 6. The van der Waals surface area contributed by atoms with Crippen LogP contribution < -0.4 is 0 Å². The number of carbonyl (C=O) groups is 1. The van der Waals surface area contributed by atoms with Gasteiger partial charge >= 0.3 is 0 Å². The highest BCUT2D eigenvalue weighted by atomic mass is 32.1. The van der Waals surface area contributed by atoms with Crippen LogP contribution in [0.2, 0.25) is 0 Å². The maximum absolute atomic E-state index is 12.5. The number of thiophene rings is 1. The van der Waals surface area contributed by atoms with Gasteiger partial charge in [-0.3, -0.25) is 9.69 Å². The molecule has 0 spiro atoms. The van der Waals surface area contributed by atoms with Crippen LogP contribution in [0.3, 0.4) is 0 Å². The molecule has 4 rings (SSSR count). The maximum atomic E-state index is 12.5. The highest BCUT2D eigenvalue weighted by molar-refractivity contribution is 7.15. The standard InChI is InChI=1S/C21H24N4O2S/c1-3-17-15(2)13-18(28-17)20-23-22-19(27-20)14-24-9-11-25(12-10-24)21(26)16-7-5-4-6-8-16/h4-8,13H,3,9-12,14H2,1-2H3. The molecule has 0 bridgehead atoms. The van der Waals surface area contributed by atoms with Crippen LogP contribution in [0.5, 0.6) is 0 Å². The van der Waals surface area contributed by atoms with Gasteiger partial charge in [0.25, 0.3) is 11.8 Å². The van der Waals surface area contributed by atoms with E-state index in [4.69, 9.17) is 4.42 Å². The fraction of sp³-hybridized carbons (Fsp3) is 0.381. The van der Waals surface area contributed by atoms with E-state index in [-0.39, 0.29) is 5.91 Å². The quantitative estimate of drug-likeness (QED) is 0.659. The number of carbonyl (C=O) groups excluding carboxylic acids is 1. The van der Waals surface area contributed by atoms with Crippen LogP contribution in [0.1, 0.15) is 33.6 Å². The lowest BCUT2D eigenvalue weighted by Crippen LogP contribution is -2.48. The minimum Gasteiger partial charge on any atom is -0.419 e. The molecule has 7 heteroatoms. The van der Waals surface area contributed by atoms with Gasteiger partial charge < -0.3 is 9.32 Å². The van der Waals surface area contributed by atoms with Crippen molar-refractivity contribution in [2.24, 2.45) is 0 Å². The largest absolute Gasteiger partial charge is 0.419 e. The molecule has 0 radical (unpaired) electrons. The Kier molecular flexibility index (Phi) is 5.54. The molecule has 1 saturated heterocycles. The monoisotopic (exact) mass is 396 g/mol.